The van der Waals surface area contributed by atoms with Gasteiger partial charge in [-0.15, -0.1) is 0 Å². The number of piperazine rings is 1. The Morgan fingerprint density at radius 1 is 1.19 bits per heavy atom. The summed E-state index contributed by atoms with van der Waals surface area (Å²) >= 11 is 0. The number of hydrogen-bond donors (Lipinski definition) is 1. The third-order valence-corrected chi connectivity index (χ3v) is 3.31. The van der Waals surface area contributed by atoms with Gasteiger partial charge in [0, 0.05) is 38.9 Å². The van der Waals surface area contributed by atoms with Gasteiger partial charge in [-0.3, -0.25) is 4.90 Å². The molecule has 2 aliphatic rings. The monoisotopic (exact) mass is 238 g/mol. The predicted molar refractivity (Wildman–Crippen MR) is 53.3 cm³/mol. The number of hydrogen-bond acceptors (Lipinski definition) is 3. The number of halogens is 3. The van der Waals surface area contributed by atoms with Crippen molar-refractivity contribution in [3.05, 3.63) is 0 Å². The largest absolute Gasteiger partial charge is 0.405 e. The topological polar surface area (TPSA) is 24.5 Å². The van der Waals surface area contributed by atoms with Crippen molar-refractivity contribution in [2.75, 3.05) is 32.8 Å². The maximum absolute atomic E-state index is 12.6. The molecule has 2 fully saturated rings. The Hall–Kier alpha value is -0.330. The van der Waals surface area contributed by atoms with Crippen LogP contribution in [0.25, 0.3) is 0 Å². The minimum atomic E-state index is -4.14. The van der Waals surface area contributed by atoms with E-state index in [-0.39, 0.29) is 12.6 Å². The molecule has 0 bridgehead atoms. The van der Waals surface area contributed by atoms with Crippen molar-refractivity contribution in [1.82, 2.24) is 10.2 Å². The fourth-order valence-electron chi connectivity index (χ4n) is 2.37. The summed E-state index contributed by atoms with van der Waals surface area (Å²) in [6, 6.07) is -1.11. The van der Waals surface area contributed by atoms with Crippen LogP contribution >= 0.6 is 0 Å². The number of alkyl halides is 3. The fraction of sp³-hybridized carbons (Fsp3) is 1.00. The van der Waals surface area contributed by atoms with E-state index >= 15 is 0 Å². The Morgan fingerprint density at radius 3 is 2.50 bits per heavy atom. The lowest BCUT2D eigenvalue weighted by Gasteiger charge is -2.40. The first-order valence-corrected chi connectivity index (χ1v) is 5.69. The van der Waals surface area contributed by atoms with Crippen molar-refractivity contribution in [2.24, 2.45) is 0 Å². The van der Waals surface area contributed by atoms with Crippen molar-refractivity contribution in [2.45, 2.75) is 31.1 Å². The maximum Gasteiger partial charge on any atom is 0.405 e. The summed E-state index contributed by atoms with van der Waals surface area (Å²) in [7, 11) is 0. The molecular weight excluding hydrogens is 221 g/mol. The molecule has 94 valence electrons. The fourth-order valence-corrected chi connectivity index (χ4v) is 2.37. The Bertz CT molecular complexity index is 229. The molecule has 0 saturated carbocycles. The first kappa shape index (κ1) is 12.1. The lowest BCUT2D eigenvalue weighted by molar-refractivity contribution is -0.167. The maximum atomic E-state index is 12.6. The van der Waals surface area contributed by atoms with Gasteiger partial charge in [0.05, 0.1) is 0 Å². The van der Waals surface area contributed by atoms with Crippen LogP contribution in [-0.2, 0) is 4.74 Å². The quantitative estimate of drug-likeness (QED) is 0.737. The average molecular weight is 238 g/mol. The Balaban J connectivity index is 1.90. The molecule has 2 aliphatic heterocycles. The van der Waals surface area contributed by atoms with Crippen LogP contribution in [0.15, 0.2) is 0 Å². The second-order valence-corrected chi connectivity index (χ2v) is 4.39. The average Bonchev–Trinajstić information content (AvgIpc) is 2.29. The Kier molecular flexibility index (Phi) is 3.71. The molecule has 0 radical (unpaired) electrons. The van der Waals surface area contributed by atoms with Gasteiger partial charge < -0.3 is 10.1 Å². The molecule has 0 aliphatic carbocycles. The molecule has 0 aromatic carbocycles. The predicted octanol–water partition coefficient (Wildman–Crippen LogP) is 1.00. The highest BCUT2D eigenvalue weighted by Gasteiger charge is 2.43. The molecule has 0 spiro atoms. The number of nitrogens with one attached hydrogen (secondary N) is 1. The summed E-state index contributed by atoms with van der Waals surface area (Å²) in [6.07, 6.45) is -2.43. The van der Waals surface area contributed by atoms with Gasteiger partial charge in [0.25, 0.3) is 0 Å². The second kappa shape index (κ2) is 4.89. The molecule has 16 heavy (non-hydrogen) atoms. The van der Waals surface area contributed by atoms with E-state index in [1.807, 2.05) is 4.90 Å². The minimum Gasteiger partial charge on any atom is -0.381 e. The van der Waals surface area contributed by atoms with E-state index in [1.54, 1.807) is 0 Å². The van der Waals surface area contributed by atoms with Crippen LogP contribution in [0.1, 0.15) is 12.8 Å². The Labute approximate surface area is 92.9 Å². The van der Waals surface area contributed by atoms with Crippen LogP contribution in [0.5, 0.6) is 0 Å². The van der Waals surface area contributed by atoms with Gasteiger partial charge in [-0.05, 0) is 12.8 Å². The third-order valence-electron chi connectivity index (χ3n) is 3.31. The van der Waals surface area contributed by atoms with Gasteiger partial charge in [0.2, 0.25) is 0 Å². The molecule has 1 N–H and O–H groups in total. The van der Waals surface area contributed by atoms with E-state index in [1.165, 1.54) is 0 Å². The van der Waals surface area contributed by atoms with Gasteiger partial charge in [-0.2, -0.15) is 13.2 Å². The minimum absolute atomic E-state index is 0.0775. The molecule has 2 saturated heterocycles. The molecule has 2 rings (SSSR count). The van der Waals surface area contributed by atoms with Crippen molar-refractivity contribution < 1.29 is 17.9 Å². The van der Waals surface area contributed by atoms with Crippen molar-refractivity contribution in [3.8, 4) is 0 Å². The van der Waals surface area contributed by atoms with Crippen LogP contribution in [0.2, 0.25) is 0 Å². The highest BCUT2D eigenvalue weighted by atomic mass is 19.4. The summed E-state index contributed by atoms with van der Waals surface area (Å²) in [5, 5.41) is 2.53. The highest BCUT2D eigenvalue weighted by Crippen LogP contribution is 2.24. The zero-order chi connectivity index (χ0) is 11.6. The smallest absolute Gasteiger partial charge is 0.381 e. The molecule has 0 amide bonds. The third kappa shape index (κ3) is 2.87. The first-order chi connectivity index (χ1) is 7.57. The van der Waals surface area contributed by atoms with E-state index in [0.29, 0.717) is 26.3 Å². The zero-order valence-corrected chi connectivity index (χ0v) is 9.09. The normalized spacial score (nSPS) is 30.6. The summed E-state index contributed by atoms with van der Waals surface area (Å²) < 4.78 is 42.9. The molecule has 2 heterocycles. The molecule has 1 atom stereocenters. The molecular formula is C10H17F3N2O. The molecule has 1 unspecified atom stereocenters. The lowest BCUT2D eigenvalue weighted by Crippen LogP contribution is -2.59. The van der Waals surface area contributed by atoms with Crippen LogP contribution in [0.4, 0.5) is 13.2 Å². The van der Waals surface area contributed by atoms with E-state index in [2.05, 4.69) is 5.32 Å². The SMILES string of the molecule is FC(F)(F)C1CN(C2CCOCC2)CCN1. The van der Waals surface area contributed by atoms with E-state index in [4.69, 9.17) is 4.74 Å². The molecule has 0 aromatic rings. The number of ether oxygens (including phenoxy) is 1. The summed E-state index contributed by atoms with van der Waals surface area (Å²) in [5.41, 5.74) is 0. The molecule has 0 aromatic heterocycles. The summed E-state index contributed by atoms with van der Waals surface area (Å²) in [4.78, 5) is 1.96. The van der Waals surface area contributed by atoms with E-state index in [9.17, 15) is 13.2 Å². The lowest BCUT2D eigenvalue weighted by atomic mass is 10.0. The van der Waals surface area contributed by atoms with Crippen LogP contribution in [0, 0.1) is 0 Å². The van der Waals surface area contributed by atoms with Crippen LogP contribution in [0.3, 0.4) is 0 Å². The van der Waals surface area contributed by atoms with Gasteiger partial charge in [0.1, 0.15) is 6.04 Å². The molecule has 6 heteroatoms. The Morgan fingerprint density at radius 2 is 1.88 bits per heavy atom. The van der Waals surface area contributed by atoms with Crippen molar-refractivity contribution in [3.63, 3.8) is 0 Å². The van der Waals surface area contributed by atoms with Crippen LogP contribution < -0.4 is 5.32 Å². The van der Waals surface area contributed by atoms with Crippen molar-refractivity contribution >= 4 is 0 Å². The van der Waals surface area contributed by atoms with Gasteiger partial charge in [0.15, 0.2) is 0 Å². The summed E-state index contributed by atoms with van der Waals surface area (Å²) in [5.74, 6) is 0. The zero-order valence-electron chi connectivity index (χ0n) is 9.09. The van der Waals surface area contributed by atoms with Gasteiger partial charge in [-0.25, -0.2) is 0 Å². The second-order valence-electron chi connectivity index (χ2n) is 4.39. The van der Waals surface area contributed by atoms with Crippen molar-refractivity contribution in [1.29, 1.82) is 0 Å². The first-order valence-electron chi connectivity index (χ1n) is 5.69. The van der Waals surface area contributed by atoms with Gasteiger partial charge >= 0.3 is 6.18 Å². The molecule has 3 nitrogen and oxygen atoms in total. The summed E-state index contributed by atoms with van der Waals surface area (Å²) in [6.45, 7) is 2.55. The number of nitrogens with zero attached hydrogens (tertiary/aromatic N) is 1. The van der Waals surface area contributed by atoms with E-state index in [0.717, 1.165) is 12.8 Å². The van der Waals surface area contributed by atoms with E-state index < -0.39 is 12.2 Å². The standard InChI is InChI=1S/C10H17F3N2O/c11-10(12,13)9-7-15(4-3-14-9)8-1-5-16-6-2-8/h8-9,14H,1-7H2. The highest BCUT2D eigenvalue weighted by molar-refractivity contribution is 4.87. The van der Waals surface area contributed by atoms with Crippen LogP contribution in [-0.4, -0.2) is 56.0 Å². The van der Waals surface area contributed by atoms with Gasteiger partial charge in [-0.1, -0.05) is 0 Å². The number of rotatable bonds is 1.